The van der Waals surface area contributed by atoms with E-state index in [0.29, 0.717) is 0 Å². The van der Waals surface area contributed by atoms with Crippen molar-refractivity contribution in [1.29, 1.82) is 0 Å². The smallest absolute Gasteiger partial charge is 0.224 e. The van der Waals surface area contributed by atoms with Crippen LogP contribution in [-0.4, -0.2) is 68.1 Å². The number of nitrogens with zero attached hydrogens (tertiary/aromatic N) is 2. The van der Waals surface area contributed by atoms with E-state index in [4.69, 9.17) is 5.73 Å². The Labute approximate surface area is 104 Å². The number of piperazine rings is 1. The lowest BCUT2D eigenvalue weighted by Gasteiger charge is -2.32. The first-order valence-corrected chi connectivity index (χ1v) is 6.45. The molecule has 0 aromatic rings. The minimum absolute atomic E-state index is 0.0640. The number of nitrogens with one attached hydrogen (secondary N) is 1. The van der Waals surface area contributed by atoms with Gasteiger partial charge in [0.15, 0.2) is 0 Å². The molecule has 0 radical (unpaired) electrons. The van der Waals surface area contributed by atoms with E-state index in [9.17, 15) is 4.79 Å². The van der Waals surface area contributed by atoms with Crippen LogP contribution in [0.3, 0.4) is 0 Å². The van der Waals surface area contributed by atoms with Crippen molar-refractivity contribution in [1.82, 2.24) is 15.1 Å². The molecule has 0 bridgehead atoms. The lowest BCUT2D eigenvalue weighted by atomic mass is 10.0. The van der Waals surface area contributed by atoms with E-state index in [2.05, 4.69) is 22.2 Å². The summed E-state index contributed by atoms with van der Waals surface area (Å²) in [7, 11) is 2.14. The van der Waals surface area contributed by atoms with Gasteiger partial charge in [0.05, 0.1) is 0 Å². The Morgan fingerprint density at radius 1 is 1.29 bits per heavy atom. The molecule has 2 atom stereocenters. The predicted octanol–water partition coefficient (Wildman–Crippen LogP) is -0.667. The molecule has 0 aliphatic carbocycles. The highest BCUT2D eigenvalue weighted by Gasteiger charge is 2.17. The number of hydrogen-bond acceptors (Lipinski definition) is 4. The maximum atomic E-state index is 11.7. The monoisotopic (exact) mass is 242 g/mol. The molecule has 1 rings (SSSR count). The second-order valence-corrected chi connectivity index (χ2v) is 5.08. The van der Waals surface area contributed by atoms with E-state index in [1.807, 2.05) is 13.8 Å². The van der Waals surface area contributed by atoms with E-state index in [1.165, 1.54) is 0 Å². The summed E-state index contributed by atoms with van der Waals surface area (Å²) in [5, 5.41) is 2.95. The average Bonchev–Trinajstić information content (AvgIpc) is 2.30. The quantitative estimate of drug-likeness (QED) is 0.671. The first kappa shape index (κ1) is 14.4. The van der Waals surface area contributed by atoms with Gasteiger partial charge in [0, 0.05) is 51.2 Å². The molecule has 5 nitrogen and oxygen atoms in total. The summed E-state index contributed by atoms with van der Waals surface area (Å²) in [6, 6.07) is -0.0846. The van der Waals surface area contributed by atoms with Crippen LogP contribution in [0.1, 0.15) is 13.8 Å². The van der Waals surface area contributed by atoms with Gasteiger partial charge < -0.3 is 16.0 Å². The first-order chi connectivity index (χ1) is 8.00. The Kier molecular flexibility index (Phi) is 5.88. The molecule has 1 heterocycles. The van der Waals surface area contributed by atoms with Crippen LogP contribution >= 0.6 is 0 Å². The number of carbonyl (C=O) groups excluding carboxylic acids is 1. The Morgan fingerprint density at radius 3 is 2.41 bits per heavy atom. The Bertz CT molecular complexity index is 237. The van der Waals surface area contributed by atoms with E-state index < -0.39 is 0 Å². The summed E-state index contributed by atoms with van der Waals surface area (Å²) < 4.78 is 0. The highest BCUT2D eigenvalue weighted by atomic mass is 16.1. The molecule has 0 aromatic carbocycles. The molecule has 0 saturated carbocycles. The van der Waals surface area contributed by atoms with Crippen LogP contribution in [0, 0.1) is 5.92 Å². The number of carbonyl (C=O) groups is 1. The molecule has 1 saturated heterocycles. The highest BCUT2D eigenvalue weighted by molar-refractivity contribution is 5.78. The van der Waals surface area contributed by atoms with Crippen LogP contribution in [0.5, 0.6) is 0 Å². The number of hydrogen-bond donors (Lipinski definition) is 2. The van der Waals surface area contributed by atoms with E-state index in [1.54, 1.807) is 0 Å². The van der Waals surface area contributed by atoms with Crippen molar-refractivity contribution in [3.05, 3.63) is 0 Å². The molecular formula is C12H26N4O. The fourth-order valence-corrected chi connectivity index (χ4v) is 1.81. The van der Waals surface area contributed by atoms with Crippen LogP contribution in [0.4, 0.5) is 0 Å². The normalized spacial score (nSPS) is 22.1. The second kappa shape index (κ2) is 6.93. The van der Waals surface area contributed by atoms with Gasteiger partial charge in [0.25, 0.3) is 0 Å². The summed E-state index contributed by atoms with van der Waals surface area (Å²) >= 11 is 0. The number of amides is 1. The first-order valence-electron chi connectivity index (χ1n) is 6.45. The minimum atomic E-state index is -0.109. The Morgan fingerprint density at radius 2 is 1.88 bits per heavy atom. The predicted molar refractivity (Wildman–Crippen MR) is 69.8 cm³/mol. The van der Waals surface area contributed by atoms with Gasteiger partial charge in [-0.1, -0.05) is 6.92 Å². The third-order valence-electron chi connectivity index (χ3n) is 3.53. The molecule has 1 amide bonds. The fraction of sp³-hybridized carbons (Fsp3) is 0.917. The summed E-state index contributed by atoms with van der Waals surface area (Å²) in [6.45, 7) is 9.81. The highest BCUT2D eigenvalue weighted by Crippen LogP contribution is 2.00. The number of rotatable bonds is 5. The van der Waals surface area contributed by atoms with Gasteiger partial charge in [-0.05, 0) is 14.0 Å². The zero-order valence-electron chi connectivity index (χ0n) is 11.3. The summed E-state index contributed by atoms with van der Waals surface area (Å²) in [4.78, 5) is 16.4. The van der Waals surface area contributed by atoms with Crippen molar-refractivity contribution in [2.45, 2.75) is 19.9 Å². The third-order valence-corrected chi connectivity index (χ3v) is 3.53. The Hall–Kier alpha value is -0.650. The zero-order chi connectivity index (χ0) is 12.8. The topological polar surface area (TPSA) is 61.6 Å². The lowest BCUT2D eigenvalue weighted by Crippen LogP contribution is -2.47. The van der Waals surface area contributed by atoms with Gasteiger partial charge in [-0.25, -0.2) is 0 Å². The standard InChI is InChI=1S/C12H26N4O/c1-10(11(2)13)12(17)14-4-5-16-8-6-15(3)7-9-16/h10-11H,4-9,13H2,1-3H3,(H,14,17). The molecule has 0 spiro atoms. The molecular weight excluding hydrogens is 216 g/mol. The summed E-state index contributed by atoms with van der Waals surface area (Å²) in [5.74, 6) is -0.0448. The van der Waals surface area contributed by atoms with Crippen LogP contribution in [0.2, 0.25) is 0 Å². The van der Waals surface area contributed by atoms with Gasteiger partial charge in [-0.15, -0.1) is 0 Å². The average molecular weight is 242 g/mol. The maximum Gasteiger partial charge on any atom is 0.224 e. The minimum Gasteiger partial charge on any atom is -0.355 e. The van der Waals surface area contributed by atoms with Crippen molar-refractivity contribution in [3.8, 4) is 0 Å². The molecule has 1 aliphatic heterocycles. The molecule has 1 aliphatic rings. The largest absolute Gasteiger partial charge is 0.355 e. The molecule has 17 heavy (non-hydrogen) atoms. The summed E-state index contributed by atoms with van der Waals surface area (Å²) in [5.41, 5.74) is 5.69. The maximum absolute atomic E-state index is 11.7. The lowest BCUT2D eigenvalue weighted by molar-refractivity contribution is -0.125. The summed E-state index contributed by atoms with van der Waals surface area (Å²) in [6.07, 6.45) is 0. The van der Waals surface area contributed by atoms with Crippen molar-refractivity contribution in [2.75, 3.05) is 46.3 Å². The van der Waals surface area contributed by atoms with E-state index in [-0.39, 0.29) is 17.9 Å². The van der Waals surface area contributed by atoms with Gasteiger partial charge in [0.2, 0.25) is 5.91 Å². The van der Waals surface area contributed by atoms with Gasteiger partial charge in [-0.3, -0.25) is 9.69 Å². The van der Waals surface area contributed by atoms with Crippen molar-refractivity contribution in [2.24, 2.45) is 11.7 Å². The molecule has 5 heteroatoms. The van der Waals surface area contributed by atoms with Crippen molar-refractivity contribution < 1.29 is 4.79 Å². The van der Waals surface area contributed by atoms with Crippen molar-refractivity contribution in [3.63, 3.8) is 0 Å². The van der Waals surface area contributed by atoms with Gasteiger partial charge in [-0.2, -0.15) is 0 Å². The zero-order valence-corrected chi connectivity index (χ0v) is 11.3. The van der Waals surface area contributed by atoms with Gasteiger partial charge >= 0.3 is 0 Å². The molecule has 100 valence electrons. The molecule has 1 fully saturated rings. The van der Waals surface area contributed by atoms with Crippen molar-refractivity contribution >= 4 is 5.91 Å². The Balaban J connectivity index is 2.13. The van der Waals surface area contributed by atoms with E-state index >= 15 is 0 Å². The fourth-order valence-electron chi connectivity index (χ4n) is 1.81. The molecule has 0 aromatic heterocycles. The third kappa shape index (κ3) is 5.02. The van der Waals surface area contributed by atoms with E-state index in [0.717, 1.165) is 39.3 Å². The molecule has 2 unspecified atom stereocenters. The van der Waals surface area contributed by atoms with Crippen LogP contribution in [0.15, 0.2) is 0 Å². The number of likely N-dealkylation sites (N-methyl/N-ethyl adjacent to an activating group) is 1. The number of nitrogens with two attached hydrogens (primary N) is 1. The second-order valence-electron chi connectivity index (χ2n) is 5.08. The SMILES string of the molecule is CC(N)C(C)C(=O)NCCN1CCN(C)CC1. The van der Waals surface area contributed by atoms with Gasteiger partial charge in [0.1, 0.15) is 0 Å². The molecule has 3 N–H and O–H groups in total. The van der Waals surface area contributed by atoms with Crippen LogP contribution < -0.4 is 11.1 Å². The van der Waals surface area contributed by atoms with Crippen LogP contribution in [0.25, 0.3) is 0 Å². The van der Waals surface area contributed by atoms with Crippen LogP contribution in [-0.2, 0) is 4.79 Å².